The summed E-state index contributed by atoms with van der Waals surface area (Å²) in [5, 5.41) is 3.20. The average Bonchev–Trinajstić information content (AvgIpc) is 2.69. The van der Waals surface area contributed by atoms with Gasteiger partial charge in [0.05, 0.1) is 12.2 Å². The average molecular weight is 376 g/mol. The molecular formula is C21H29FN2O3. The predicted octanol–water partition coefficient (Wildman–Crippen LogP) is 3.47. The summed E-state index contributed by atoms with van der Waals surface area (Å²) >= 11 is 0. The number of carbonyl (C=O) groups excluding carboxylic acids is 1. The number of nitrogens with one attached hydrogen (secondary N) is 1. The fraction of sp³-hybridized carbons (Fsp3) is 0.667. The van der Waals surface area contributed by atoms with Crippen molar-refractivity contribution < 1.29 is 18.7 Å². The minimum atomic E-state index is -0.429. The second-order valence-corrected chi connectivity index (χ2v) is 8.04. The molecule has 3 aliphatic rings. The lowest BCUT2D eigenvalue weighted by Crippen LogP contribution is -2.47. The Labute approximate surface area is 160 Å². The van der Waals surface area contributed by atoms with Crippen LogP contribution in [-0.2, 0) is 11.3 Å². The van der Waals surface area contributed by atoms with Gasteiger partial charge in [0.2, 0.25) is 0 Å². The van der Waals surface area contributed by atoms with Crippen LogP contribution in [0.2, 0.25) is 0 Å². The van der Waals surface area contributed by atoms with E-state index in [0.717, 1.165) is 25.8 Å². The number of hydrogen-bond acceptors (Lipinski definition) is 4. The van der Waals surface area contributed by atoms with Crippen LogP contribution < -0.4 is 10.1 Å². The highest BCUT2D eigenvalue weighted by Crippen LogP contribution is 2.31. The van der Waals surface area contributed by atoms with Crippen LogP contribution in [0.1, 0.15) is 60.9 Å². The minimum absolute atomic E-state index is 0.0971. The van der Waals surface area contributed by atoms with Crippen LogP contribution in [0.5, 0.6) is 5.75 Å². The van der Waals surface area contributed by atoms with E-state index in [4.69, 9.17) is 9.47 Å². The molecule has 1 aromatic carbocycles. The number of carbonyl (C=O) groups is 1. The number of ether oxygens (including phenoxy) is 2. The van der Waals surface area contributed by atoms with Crippen molar-refractivity contribution in [3.8, 4) is 5.75 Å². The van der Waals surface area contributed by atoms with Crippen molar-refractivity contribution in [3.05, 3.63) is 29.1 Å². The Hall–Kier alpha value is -1.66. The molecule has 1 aliphatic carbocycles. The van der Waals surface area contributed by atoms with Gasteiger partial charge in [0.15, 0.2) is 6.79 Å². The first-order valence-electron chi connectivity index (χ1n) is 10.3. The molecule has 1 aromatic rings. The summed E-state index contributed by atoms with van der Waals surface area (Å²) in [5.41, 5.74) is 0.885. The number of halogens is 1. The fourth-order valence-corrected chi connectivity index (χ4v) is 4.68. The van der Waals surface area contributed by atoms with Gasteiger partial charge in [0.25, 0.3) is 5.91 Å². The normalized spacial score (nSPS) is 26.1. The van der Waals surface area contributed by atoms with Gasteiger partial charge in [-0.3, -0.25) is 4.79 Å². The van der Waals surface area contributed by atoms with Crippen molar-refractivity contribution in [2.75, 3.05) is 26.4 Å². The summed E-state index contributed by atoms with van der Waals surface area (Å²) in [5.74, 6) is 0.266. The number of amides is 1. The van der Waals surface area contributed by atoms with Crippen molar-refractivity contribution in [3.63, 3.8) is 0 Å². The van der Waals surface area contributed by atoms with E-state index in [2.05, 4.69) is 10.2 Å². The van der Waals surface area contributed by atoms with Crippen LogP contribution in [0.15, 0.2) is 12.1 Å². The maximum atomic E-state index is 14.0. The van der Waals surface area contributed by atoms with Gasteiger partial charge in [0.1, 0.15) is 11.6 Å². The highest BCUT2D eigenvalue weighted by Gasteiger charge is 2.30. The van der Waals surface area contributed by atoms with E-state index in [9.17, 15) is 9.18 Å². The molecule has 2 aliphatic heterocycles. The van der Waals surface area contributed by atoms with Gasteiger partial charge in [0, 0.05) is 18.2 Å². The second-order valence-electron chi connectivity index (χ2n) is 8.04. The molecule has 1 saturated heterocycles. The Kier molecular flexibility index (Phi) is 5.93. The van der Waals surface area contributed by atoms with E-state index < -0.39 is 5.82 Å². The highest BCUT2D eigenvalue weighted by atomic mass is 19.1. The predicted molar refractivity (Wildman–Crippen MR) is 100 cm³/mol. The lowest BCUT2D eigenvalue weighted by atomic mass is 9.83. The van der Waals surface area contributed by atoms with Crippen LogP contribution in [-0.4, -0.2) is 43.3 Å². The molecule has 6 heteroatoms. The molecule has 0 spiro atoms. The van der Waals surface area contributed by atoms with E-state index >= 15 is 0 Å². The molecule has 5 nitrogen and oxygen atoms in total. The Morgan fingerprint density at radius 2 is 1.96 bits per heavy atom. The van der Waals surface area contributed by atoms with Gasteiger partial charge in [-0.2, -0.15) is 0 Å². The van der Waals surface area contributed by atoms with Crippen LogP contribution in [0.3, 0.4) is 0 Å². The molecule has 4 rings (SSSR count). The van der Waals surface area contributed by atoms with Crippen LogP contribution >= 0.6 is 0 Å². The zero-order chi connectivity index (χ0) is 18.6. The summed E-state index contributed by atoms with van der Waals surface area (Å²) in [6, 6.07) is 2.81. The molecule has 0 radical (unpaired) electrons. The molecule has 148 valence electrons. The van der Waals surface area contributed by atoms with Crippen molar-refractivity contribution >= 4 is 5.91 Å². The maximum absolute atomic E-state index is 14.0. The Bertz CT molecular complexity index is 676. The van der Waals surface area contributed by atoms with Gasteiger partial charge in [-0.25, -0.2) is 4.39 Å². The molecule has 0 aromatic heterocycles. The number of nitrogens with zero attached hydrogens (tertiary/aromatic N) is 1. The molecule has 2 heterocycles. The molecule has 0 unspecified atom stereocenters. The SMILES string of the molecule is O=C(N[C@@H]1CCCC[C@H]1CN1CCCCC1)c1cc(F)cc2c1OCOC2. The summed E-state index contributed by atoms with van der Waals surface area (Å²) in [7, 11) is 0. The molecule has 1 N–H and O–H groups in total. The van der Waals surface area contributed by atoms with Crippen LogP contribution in [0.25, 0.3) is 0 Å². The largest absolute Gasteiger partial charge is 0.466 e. The summed E-state index contributed by atoms with van der Waals surface area (Å²) in [4.78, 5) is 15.5. The third kappa shape index (κ3) is 4.43. The minimum Gasteiger partial charge on any atom is -0.466 e. The van der Waals surface area contributed by atoms with E-state index in [1.165, 1.54) is 50.9 Å². The van der Waals surface area contributed by atoms with Crippen molar-refractivity contribution in [2.24, 2.45) is 5.92 Å². The lowest BCUT2D eigenvalue weighted by Gasteiger charge is -2.37. The number of fused-ring (bicyclic) bond motifs is 1. The van der Waals surface area contributed by atoms with Gasteiger partial charge in [-0.15, -0.1) is 0 Å². The van der Waals surface area contributed by atoms with E-state index in [0.29, 0.717) is 17.2 Å². The first-order chi connectivity index (χ1) is 13.2. The number of benzene rings is 1. The molecule has 1 saturated carbocycles. The van der Waals surface area contributed by atoms with Gasteiger partial charge >= 0.3 is 0 Å². The number of rotatable bonds is 4. The quantitative estimate of drug-likeness (QED) is 0.874. The van der Waals surface area contributed by atoms with Crippen molar-refractivity contribution in [2.45, 2.75) is 57.6 Å². The molecular weight excluding hydrogens is 347 g/mol. The zero-order valence-corrected chi connectivity index (χ0v) is 15.8. The third-order valence-corrected chi connectivity index (χ3v) is 6.09. The van der Waals surface area contributed by atoms with E-state index in [-0.39, 0.29) is 30.9 Å². The number of piperidine rings is 1. The zero-order valence-electron chi connectivity index (χ0n) is 15.8. The maximum Gasteiger partial charge on any atom is 0.255 e. The first kappa shape index (κ1) is 18.7. The van der Waals surface area contributed by atoms with Crippen molar-refractivity contribution in [1.29, 1.82) is 0 Å². The number of likely N-dealkylation sites (tertiary alicyclic amines) is 1. The van der Waals surface area contributed by atoms with Crippen molar-refractivity contribution in [1.82, 2.24) is 10.2 Å². The summed E-state index contributed by atoms with van der Waals surface area (Å²) in [6.45, 7) is 3.76. The lowest BCUT2D eigenvalue weighted by molar-refractivity contribution is -0.0171. The monoisotopic (exact) mass is 376 g/mol. The van der Waals surface area contributed by atoms with Gasteiger partial charge in [-0.1, -0.05) is 19.3 Å². The van der Waals surface area contributed by atoms with Crippen LogP contribution in [0.4, 0.5) is 4.39 Å². The molecule has 0 bridgehead atoms. The third-order valence-electron chi connectivity index (χ3n) is 6.09. The molecule has 1 amide bonds. The molecule has 2 atom stereocenters. The Balaban J connectivity index is 1.46. The Morgan fingerprint density at radius 3 is 2.81 bits per heavy atom. The Morgan fingerprint density at radius 1 is 1.15 bits per heavy atom. The second kappa shape index (κ2) is 8.57. The molecule has 27 heavy (non-hydrogen) atoms. The highest BCUT2D eigenvalue weighted by molar-refractivity contribution is 5.97. The fourth-order valence-electron chi connectivity index (χ4n) is 4.68. The van der Waals surface area contributed by atoms with Gasteiger partial charge in [-0.05, 0) is 56.8 Å². The topological polar surface area (TPSA) is 50.8 Å². The number of hydrogen-bond donors (Lipinski definition) is 1. The first-order valence-corrected chi connectivity index (χ1v) is 10.3. The smallest absolute Gasteiger partial charge is 0.255 e. The van der Waals surface area contributed by atoms with Crippen LogP contribution in [0, 0.1) is 11.7 Å². The summed E-state index contributed by atoms with van der Waals surface area (Å²) in [6.07, 6.45) is 8.37. The molecule has 2 fully saturated rings. The standard InChI is InChI=1S/C21H29FN2O3/c22-17-10-16-13-26-14-27-20(16)18(11-17)21(25)23-19-7-3-2-6-15(19)12-24-8-4-1-5-9-24/h10-11,15,19H,1-9,12-14H2,(H,23,25)/t15-,19+/m0/s1. The summed E-state index contributed by atoms with van der Waals surface area (Å²) < 4.78 is 24.7. The van der Waals surface area contributed by atoms with E-state index in [1.807, 2.05) is 0 Å². The van der Waals surface area contributed by atoms with Gasteiger partial charge < -0.3 is 19.7 Å². The van der Waals surface area contributed by atoms with E-state index in [1.54, 1.807) is 0 Å².